The summed E-state index contributed by atoms with van der Waals surface area (Å²) in [6.07, 6.45) is 3.46. The zero-order valence-electron chi connectivity index (χ0n) is 11.9. The van der Waals surface area contributed by atoms with Gasteiger partial charge in [0.15, 0.2) is 5.82 Å². The highest BCUT2D eigenvalue weighted by Crippen LogP contribution is 2.32. The third kappa shape index (κ3) is 3.49. The maximum atomic E-state index is 5.41. The molecule has 1 aromatic rings. The lowest BCUT2D eigenvalue weighted by Gasteiger charge is -2.17. The van der Waals surface area contributed by atoms with Crippen molar-refractivity contribution in [3.63, 3.8) is 0 Å². The van der Waals surface area contributed by atoms with Gasteiger partial charge >= 0.3 is 0 Å². The molecule has 3 atom stereocenters. The predicted molar refractivity (Wildman–Crippen MR) is 69.8 cm³/mol. The highest BCUT2D eigenvalue weighted by Gasteiger charge is 2.29. The molecular weight excluding hydrogens is 246 g/mol. The van der Waals surface area contributed by atoms with E-state index in [0.29, 0.717) is 18.8 Å². The molecule has 1 aliphatic carbocycles. The number of nitrogens with one attached hydrogen (secondary N) is 1. The van der Waals surface area contributed by atoms with Crippen molar-refractivity contribution in [3.05, 3.63) is 5.82 Å². The summed E-state index contributed by atoms with van der Waals surface area (Å²) in [5.74, 6) is 0.887. The maximum absolute atomic E-state index is 5.41. The summed E-state index contributed by atoms with van der Waals surface area (Å²) < 4.78 is 12.4. The molecule has 0 amide bonds. The highest BCUT2D eigenvalue weighted by molar-refractivity contribution is 4.94. The van der Waals surface area contributed by atoms with Crippen LogP contribution in [0.3, 0.4) is 0 Å². The number of tetrazole rings is 1. The summed E-state index contributed by atoms with van der Waals surface area (Å²) in [7, 11) is 3.46. The van der Waals surface area contributed by atoms with Crippen molar-refractivity contribution < 1.29 is 9.47 Å². The minimum atomic E-state index is 0.117. The standard InChI is InChI=1S/C12H23N5O2/c1-9(13-6-7-18-2)12-14-15-16-17(12)10-4-5-11(8-10)19-3/h9-11,13H,4-8H2,1-3H3. The second-order valence-electron chi connectivity index (χ2n) is 4.97. The van der Waals surface area contributed by atoms with Crippen LogP contribution in [0.15, 0.2) is 0 Å². The molecular formula is C12H23N5O2. The van der Waals surface area contributed by atoms with E-state index in [9.17, 15) is 0 Å². The molecule has 1 aromatic heterocycles. The molecule has 1 heterocycles. The van der Waals surface area contributed by atoms with E-state index in [1.54, 1.807) is 14.2 Å². The number of ether oxygens (including phenoxy) is 2. The van der Waals surface area contributed by atoms with E-state index in [0.717, 1.165) is 31.6 Å². The largest absolute Gasteiger partial charge is 0.383 e. The van der Waals surface area contributed by atoms with E-state index in [1.807, 2.05) is 4.68 Å². The van der Waals surface area contributed by atoms with Crippen molar-refractivity contribution in [1.29, 1.82) is 0 Å². The minimum absolute atomic E-state index is 0.117. The van der Waals surface area contributed by atoms with Crippen molar-refractivity contribution in [2.24, 2.45) is 0 Å². The summed E-state index contributed by atoms with van der Waals surface area (Å²) in [5, 5.41) is 15.5. The molecule has 0 aromatic carbocycles. The fourth-order valence-corrected chi connectivity index (χ4v) is 2.57. The first-order valence-corrected chi connectivity index (χ1v) is 6.79. The predicted octanol–water partition coefficient (Wildman–Crippen LogP) is 0.710. The van der Waals surface area contributed by atoms with Crippen molar-refractivity contribution in [3.8, 4) is 0 Å². The van der Waals surface area contributed by atoms with Gasteiger partial charge in [0, 0.05) is 20.8 Å². The van der Waals surface area contributed by atoms with Gasteiger partial charge in [-0.1, -0.05) is 0 Å². The number of nitrogens with zero attached hydrogens (tertiary/aromatic N) is 4. The Balaban J connectivity index is 1.97. The van der Waals surface area contributed by atoms with Crippen molar-refractivity contribution >= 4 is 0 Å². The van der Waals surface area contributed by atoms with Gasteiger partial charge in [-0.15, -0.1) is 5.10 Å². The third-order valence-corrected chi connectivity index (χ3v) is 3.70. The lowest BCUT2D eigenvalue weighted by atomic mass is 10.2. The van der Waals surface area contributed by atoms with Gasteiger partial charge < -0.3 is 14.8 Å². The summed E-state index contributed by atoms with van der Waals surface area (Å²) in [4.78, 5) is 0. The van der Waals surface area contributed by atoms with E-state index < -0.39 is 0 Å². The molecule has 0 aliphatic heterocycles. The zero-order valence-corrected chi connectivity index (χ0v) is 11.9. The minimum Gasteiger partial charge on any atom is -0.383 e. The summed E-state index contributed by atoms with van der Waals surface area (Å²) in [6.45, 7) is 3.54. The van der Waals surface area contributed by atoms with Crippen LogP contribution in [0.25, 0.3) is 0 Å². The Labute approximate surface area is 113 Å². The average molecular weight is 269 g/mol. The summed E-state index contributed by atoms with van der Waals surface area (Å²) in [5.41, 5.74) is 0. The van der Waals surface area contributed by atoms with Gasteiger partial charge in [0.25, 0.3) is 0 Å². The van der Waals surface area contributed by atoms with Crippen LogP contribution in [0, 0.1) is 0 Å². The number of methoxy groups -OCH3 is 2. The highest BCUT2D eigenvalue weighted by atomic mass is 16.5. The van der Waals surface area contributed by atoms with E-state index >= 15 is 0 Å². The van der Waals surface area contributed by atoms with Crippen molar-refractivity contribution in [1.82, 2.24) is 25.5 Å². The first-order valence-electron chi connectivity index (χ1n) is 6.79. The Morgan fingerprint density at radius 3 is 2.95 bits per heavy atom. The van der Waals surface area contributed by atoms with Crippen LogP contribution in [0.4, 0.5) is 0 Å². The first kappa shape index (κ1) is 14.4. The Bertz CT molecular complexity index is 384. The summed E-state index contributed by atoms with van der Waals surface area (Å²) in [6, 6.07) is 0.466. The van der Waals surface area contributed by atoms with Crippen LogP contribution < -0.4 is 5.32 Å². The molecule has 1 saturated carbocycles. The third-order valence-electron chi connectivity index (χ3n) is 3.70. The van der Waals surface area contributed by atoms with Crippen LogP contribution >= 0.6 is 0 Å². The maximum Gasteiger partial charge on any atom is 0.168 e. The topological polar surface area (TPSA) is 74.1 Å². The Kier molecular flexibility index (Phi) is 5.24. The molecule has 7 nitrogen and oxygen atoms in total. The van der Waals surface area contributed by atoms with Crippen molar-refractivity contribution in [2.45, 2.75) is 44.4 Å². The number of hydrogen-bond acceptors (Lipinski definition) is 6. The molecule has 2 rings (SSSR count). The Hall–Kier alpha value is -1.05. The normalized spacial score (nSPS) is 24.8. The van der Waals surface area contributed by atoms with Gasteiger partial charge in [0.1, 0.15) is 0 Å². The SMILES string of the molecule is COCCNC(C)c1nnnn1C1CCC(OC)C1. The molecule has 0 radical (unpaired) electrons. The fraction of sp³-hybridized carbons (Fsp3) is 0.917. The molecule has 1 aliphatic rings. The molecule has 19 heavy (non-hydrogen) atoms. The molecule has 0 saturated heterocycles. The number of hydrogen-bond donors (Lipinski definition) is 1. The number of rotatable bonds is 7. The second-order valence-corrected chi connectivity index (χ2v) is 4.97. The molecule has 7 heteroatoms. The fourth-order valence-electron chi connectivity index (χ4n) is 2.57. The second kappa shape index (κ2) is 6.93. The van der Waals surface area contributed by atoms with E-state index in [4.69, 9.17) is 9.47 Å². The molecule has 0 bridgehead atoms. The molecule has 1 N–H and O–H groups in total. The van der Waals surface area contributed by atoms with Gasteiger partial charge in [0.05, 0.1) is 24.8 Å². The van der Waals surface area contributed by atoms with Crippen LogP contribution in [-0.4, -0.2) is 53.7 Å². The molecule has 1 fully saturated rings. The average Bonchev–Trinajstić information content (AvgIpc) is 3.07. The molecule has 0 spiro atoms. The number of aromatic nitrogens is 4. The molecule has 3 unspecified atom stereocenters. The van der Waals surface area contributed by atoms with Gasteiger partial charge in [-0.05, 0) is 36.6 Å². The van der Waals surface area contributed by atoms with Crippen molar-refractivity contribution in [2.75, 3.05) is 27.4 Å². The first-order chi connectivity index (χ1) is 9.26. The monoisotopic (exact) mass is 269 g/mol. The van der Waals surface area contributed by atoms with Gasteiger partial charge in [-0.25, -0.2) is 4.68 Å². The quantitative estimate of drug-likeness (QED) is 0.735. The van der Waals surface area contributed by atoms with Gasteiger partial charge in [-0.3, -0.25) is 0 Å². The summed E-state index contributed by atoms with van der Waals surface area (Å²) >= 11 is 0. The van der Waals surface area contributed by atoms with E-state index in [-0.39, 0.29) is 6.04 Å². The zero-order chi connectivity index (χ0) is 13.7. The van der Waals surface area contributed by atoms with Gasteiger partial charge in [-0.2, -0.15) is 0 Å². The smallest absolute Gasteiger partial charge is 0.168 e. The van der Waals surface area contributed by atoms with Crippen LogP contribution in [0.2, 0.25) is 0 Å². The lowest BCUT2D eigenvalue weighted by Crippen LogP contribution is -2.26. The van der Waals surface area contributed by atoms with E-state index in [2.05, 4.69) is 27.8 Å². The van der Waals surface area contributed by atoms with Gasteiger partial charge in [0.2, 0.25) is 0 Å². The van der Waals surface area contributed by atoms with Crippen LogP contribution in [-0.2, 0) is 9.47 Å². The Morgan fingerprint density at radius 2 is 2.26 bits per heavy atom. The van der Waals surface area contributed by atoms with Crippen LogP contribution in [0.1, 0.15) is 44.1 Å². The Morgan fingerprint density at radius 1 is 1.42 bits per heavy atom. The lowest BCUT2D eigenvalue weighted by molar-refractivity contribution is 0.105. The van der Waals surface area contributed by atoms with Crippen LogP contribution in [0.5, 0.6) is 0 Å². The molecule has 108 valence electrons. The van der Waals surface area contributed by atoms with E-state index in [1.165, 1.54) is 0 Å².